The van der Waals surface area contributed by atoms with Crippen LogP contribution in [0.15, 0.2) is 48.5 Å². The summed E-state index contributed by atoms with van der Waals surface area (Å²) in [6, 6.07) is 12.5. The number of rotatable bonds is 11. The number of hydrogen-bond acceptors (Lipinski definition) is 6. The normalized spacial score (nSPS) is 13.4. The van der Waals surface area contributed by atoms with Gasteiger partial charge in [-0.3, -0.25) is 14.4 Å². The molecule has 0 spiro atoms. The van der Waals surface area contributed by atoms with Gasteiger partial charge in [0.05, 0.1) is 7.11 Å². The van der Waals surface area contributed by atoms with Gasteiger partial charge in [-0.2, -0.15) is 0 Å². The van der Waals surface area contributed by atoms with Crippen molar-refractivity contribution in [1.29, 1.82) is 0 Å². The molecule has 9 heteroatoms. The van der Waals surface area contributed by atoms with Gasteiger partial charge < -0.3 is 25.0 Å². The van der Waals surface area contributed by atoms with Crippen molar-refractivity contribution in [3.63, 3.8) is 0 Å². The van der Waals surface area contributed by atoms with Gasteiger partial charge in [0.1, 0.15) is 24.2 Å². The van der Waals surface area contributed by atoms with Crippen molar-refractivity contribution in [2.75, 3.05) is 13.7 Å². The third-order valence-electron chi connectivity index (χ3n) is 6.48. The summed E-state index contributed by atoms with van der Waals surface area (Å²) in [7, 11) is 1.24. The Balaban J connectivity index is 2.62. The monoisotopic (exact) mass is 553 g/mol. The van der Waals surface area contributed by atoms with Crippen LogP contribution in [0.3, 0.4) is 0 Å². The number of benzene rings is 2. The van der Waals surface area contributed by atoms with E-state index in [4.69, 9.17) is 9.47 Å². The van der Waals surface area contributed by atoms with Gasteiger partial charge in [0.25, 0.3) is 0 Å². The van der Waals surface area contributed by atoms with Crippen LogP contribution >= 0.6 is 0 Å². The molecule has 0 aromatic heterocycles. The summed E-state index contributed by atoms with van der Waals surface area (Å²) in [5.41, 5.74) is 2.42. The summed E-state index contributed by atoms with van der Waals surface area (Å²) >= 11 is 0. The van der Waals surface area contributed by atoms with E-state index in [0.29, 0.717) is 12.0 Å². The summed E-state index contributed by atoms with van der Waals surface area (Å²) in [6.07, 6.45) is 0.00105. The molecular formula is C31H43N3O6. The van der Waals surface area contributed by atoms with Gasteiger partial charge >= 0.3 is 12.1 Å². The fraction of sp³-hybridized carbons (Fsp3) is 0.484. The molecule has 218 valence electrons. The summed E-state index contributed by atoms with van der Waals surface area (Å²) in [4.78, 5) is 54.4. The van der Waals surface area contributed by atoms with Crippen molar-refractivity contribution < 1.29 is 28.7 Å². The van der Waals surface area contributed by atoms with Gasteiger partial charge in [0.2, 0.25) is 11.8 Å². The van der Waals surface area contributed by atoms with Crippen molar-refractivity contribution >= 4 is 23.9 Å². The standard InChI is InChI=1S/C31H43N3O6/c1-9-22(4)34(27(28(36)32-19-26(35)39-8)24-17-20(2)15-16-21(24)3)29(37)25(18-23-13-11-10-12-14-23)33-30(38)40-31(5,6)7/h10-17,22,25,27H,9,18-19H2,1-8H3,(H,32,36)(H,33,38). The molecule has 0 aliphatic carbocycles. The Morgan fingerprint density at radius 2 is 1.65 bits per heavy atom. The third kappa shape index (κ3) is 9.39. The Labute approximate surface area is 237 Å². The fourth-order valence-corrected chi connectivity index (χ4v) is 4.28. The molecule has 0 saturated carbocycles. The SMILES string of the molecule is CCC(C)N(C(=O)C(Cc1ccccc1)NC(=O)OC(C)(C)C)C(C(=O)NCC(=O)OC)c1cc(C)ccc1C. The van der Waals surface area contributed by atoms with E-state index in [9.17, 15) is 19.2 Å². The third-order valence-corrected chi connectivity index (χ3v) is 6.48. The molecule has 40 heavy (non-hydrogen) atoms. The minimum atomic E-state index is -1.06. The van der Waals surface area contributed by atoms with Crippen LogP contribution in [0.5, 0.6) is 0 Å². The van der Waals surface area contributed by atoms with Gasteiger partial charge in [-0.1, -0.05) is 61.0 Å². The molecule has 0 bridgehead atoms. The smallest absolute Gasteiger partial charge is 0.408 e. The largest absolute Gasteiger partial charge is 0.468 e. The summed E-state index contributed by atoms with van der Waals surface area (Å²) < 4.78 is 10.2. The molecule has 3 amide bonds. The first-order chi connectivity index (χ1) is 18.8. The Hall–Kier alpha value is -3.88. The van der Waals surface area contributed by atoms with Gasteiger partial charge in [0.15, 0.2) is 0 Å². The van der Waals surface area contributed by atoms with E-state index in [0.717, 1.165) is 16.7 Å². The number of carbonyl (C=O) groups is 4. The molecule has 0 saturated heterocycles. The molecule has 0 radical (unpaired) electrons. The lowest BCUT2D eigenvalue weighted by atomic mass is 9.94. The number of hydrogen-bond donors (Lipinski definition) is 2. The molecule has 2 aromatic rings. The molecular weight excluding hydrogens is 510 g/mol. The maximum absolute atomic E-state index is 14.4. The van der Waals surface area contributed by atoms with Crippen LogP contribution in [0.2, 0.25) is 0 Å². The number of amides is 3. The van der Waals surface area contributed by atoms with Crippen LogP contribution in [0.1, 0.15) is 69.3 Å². The lowest BCUT2D eigenvalue weighted by Crippen LogP contribution is -2.56. The van der Waals surface area contributed by atoms with Gasteiger partial charge in [0, 0.05) is 12.5 Å². The van der Waals surface area contributed by atoms with Gasteiger partial charge in [-0.25, -0.2) is 4.79 Å². The van der Waals surface area contributed by atoms with Crippen LogP contribution in [0.4, 0.5) is 4.79 Å². The Kier molecular flexibility index (Phi) is 11.7. The van der Waals surface area contributed by atoms with Gasteiger partial charge in [-0.15, -0.1) is 0 Å². The fourth-order valence-electron chi connectivity index (χ4n) is 4.28. The molecule has 0 heterocycles. The van der Waals surface area contributed by atoms with Crippen molar-refractivity contribution in [2.45, 2.75) is 85.0 Å². The zero-order valence-electron chi connectivity index (χ0n) is 24.9. The summed E-state index contributed by atoms with van der Waals surface area (Å²) in [5.74, 6) is -1.57. The molecule has 0 fully saturated rings. The van der Waals surface area contributed by atoms with Crippen LogP contribution in [0.25, 0.3) is 0 Å². The van der Waals surface area contributed by atoms with Crippen molar-refractivity contribution in [3.8, 4) is 0 Å². The Bertz CT molecular complexity index is 1180. The van der Waals surface area contributed by atoms with Crippen molar-refractivity contribution in [1.82, 2.24) is 15.5 Å². The number of nitrogens with one attached hydrogen (secondary N) is 2. The lowest BCUT2D eigenvalue weighted by molar-refractivity contribution is -0.146. The molecule has 2 aromatic carbocycles. The molecule has 3 atom stereocenters. The average Bonchev–Trinajstić information content (AvgIpc) is 2.90. The second kappa shape index (κ2) is 14.5. The van der Waals surface area contributed by atoms with Crippen molar-refractivity contribution in [2.24, 2.45) is 0 Å². The van der Waals surface area contributed by atoms with E-state index in [-0.39, 0.29) is 19.0 Å². The van der Waals surface area contributed by atoms with Gasteiger partial charge in [-0.05, 0) is 64.7 Å². The molecule has 9 nitrogen and oxygen atoms in total. The molecule has 2 rings (SSSR count). The lowest BCUT2D eigenvalue weighted by Gasteiger charge is -2.38. The quantitative estimate of drug-likeness (QED) is 0.399. The zero-order chi connectivity index (χ0) is 30.0. The number of methoxy groups -OCH3 is 1. The molecule has 2 N–H and O–H groups in total. The molecule has 3 unspecified atom stereocenters. The van der Waals surface area contributed by atoms with E-state index in [1.165, 1.54) is 12.0 Å². The molecule has 0 aliphatic rings. The number of nitrogens with zero attached hydrogens (tertiary/aromatic N) is 1. The zero-order valence-corrected chi connectivity index (χ0v) is 24.9. The highest BCUT2D eigenvalue weighted by atomic mass is 16.6. The minimum absolute atomic E-state index is 0.190. The average molecular weight is 554 g/mol. The number of ether oxygens (including phenoxy) is 2. The maximum atomic E-state index is 14.4. The number of aryl methyl sites for hydroxylation is 2. The van der Waals surface area contributed by atoms with E-state index in [1.54, 1.807) is 20.8 Å². The van der Waals surface area contributed by atoms with Crippen LogP contribution in [0, 0.1) is 13.8 Å². The number of alkyl carbamates (subject to hydrolysis) is 1. The predicted octanol–water partition coefficient (Wildman–Crippen LogP) is 4.40. The second-order valence-electron chi connectivity index (χ2n) is 10.9. The van der Waals surface area contributed by atoms with E-state index in [1.807, 2.05) is 76.2 Å². The number of carbonyl (C=O) groups excluding carboxylic acids is 4. The second-order valence-corrected chi connectivity index (χ2v) is 10.9. The Morgan fingerprint density at radius 3 is 2.23 bits per heavy atom. The topological polar surface area (TPSA) is 114 Å². The molecule has 0 aliphatic heterocycles. The minimum Gasteiger partial charge on any atom is -0.468 e. The van der Waals surface area contributed by atoms with Crippen LogP contribution in [-0.4, -0.2) is 60.1 Å². The predicted molar refractivity (Wildman–Crippen MR) is 154 cm³/mol. The Morgan fingerprint density at radius 1 is 1.00 bits per heavy atom. The highest BCUT2D eigenvalue weighted by molar-refractivity contribution is 5.93. The van der Waals surface area contributed by atoms with E-state index >= 15 is 0 Å². The highest BCUT2D eigenvalue weighted by Gasteiger charge is 2.39. The first kappa shape index (κ1) is 32.3. The maximum Gasteiger partial charge on any atom is 0.408 e. The summed E-state index contributed by atoms with van der Waals surface area (Å²) in [5, 5.41) is 5.39. The van der Waals surface area contributed by atoms with E-state index < -0.39 is 41.6 Å². The first-order valence-electron chi connectivity index (χ1n) is 13.5. The van der Waals surface area contributed by atoms with E-state index in [2.05, 4.69) is 10.6 Å². The first-order valence-corrected chi connectivity index (χ1v) is 13.5. The van der Waals surface area contributed by atoms with Crippen molar-refractivity contribution in [3.05, 3.63) is 70.8 Å². The van der Waals surface area contributed by atoms with Crippen LogP contribution < -0.4 is 10.6 Å². The summed E-state index contributed by atoms with van der Waals surface area (Å²) in [6.45, 7) is 12.4. The highest BCUT2D eigenvalue weighted by Crippen LogP contribution is 2.29. The number of esters is 1. The van der Waals surface area contributed by atoms with Crippen LogP contribution in [-0.2, 0) is 30.3 Å².